The highest BCUT2D eigenvalue weighted by molar-refractivity contribution is 5.92. The number of aryl methyl sites for hydroxylation is 2. The van der Waals surface area contributed by atoms with E-state index in [1.165, 1.54) is 12.8 Å². The topological polar surface area (TPSA) is 61.7 Å². The molecule has 1 saturated carbocycles. The average molecular weight is 374 g/mol. The molecule has 7 heteroatoms. The van der Waals surface area contributed by atoms with Crippen LogP contribution in [0.1, 0.15) is 48.3 Å². The predicted octanol–water partition coefficient (Wildman–Crippen LogP) is 1.28. The molecule has 0 N–H and O–H groups in total. The summed E-state index contributed by atoms with van der Waals surface area (Å²) in [4.78, 5) is 31.5. The van der Waals surface area contributed by atoms with Gasteiger partial charge in [0.05, 0.1) is 6.04 Å². The van der Waals surface area contributed by atoms with Gasteiger partial charge in [0.1, 0.15) is 0 Å². The minimum absolute atomic E-state index is 0.00724. The summed E-state index contributed by atoms with van der Waals surface area (Å²) in [6.45, 7) is 5.58. The lowest BCUT2D eigenvalue weighted by Crippen LogP contribution is -2.47. The van der Waals surface area contributed by atoms with Crippen molar-refractivity contribution in [1.29, 1.82) is 0 Å². The van der Waals surface area contributed by atoms with Crippen molar-refractivity contribution in [2.75, 3.05) is 33.2 Å². The van der Waals surface area contributed by atoms with E-state index in [0.29, 0.717) is 23.6 Å². The molecule has 0 radical (unpaired) electrons. The van der Waals surface area contributed by atoms with Crippen molar-refractivity contribution in [2.24, 2.45) is 13.0 Å². The van der Waals surface area contributed by atoms with E-state index in [1.807, 2.05) is 27.1 Å². The zero-order valence-electron chi connectivity index (χ0n) is 16.7. The van der Waals surface area contributed by atoms with Gasteiger partial charge < -0.3 is 9.80 Å². The molecule has 4 rings (SSSR count). The molecule has 2 aliphatic heterocycles. The number of hydrogen-bond acceptors (Lipinski definition) is 4. The van der Waals surface area contributed by atoms with Crippen LogP contribution in [0.3, 0.4) is 0 Å². The Labute approximate surface area is 161 Å². The van der Waals surface area contributed by atoms with E-state index >= 15 is 0 Å². The molecule has 2 amide bonds. The Kier molecular flexibility index (Phi) is 4.97. The molecular formula is C20H31N5O2. The van der Waals surface area contributed by atoms with Gasteiger partial charge in [-0.25, -0.2) is 0 Å². The third-order valence-corrected chi connectivity index (χ3v) is 6.50. The first-order valence-corrected chi connectivity index (χ1v) is 10.2. The van der Waals surface area contributed by atoms with Gasteiger partial charge >= 0.3 is 0 Å². The highest BCUT2D eigenvalue weighted by atomic mass is 16.2. The fraction of sp³-hybridized carbons (Fsp3) is 0.750. The maximum atomic E-state index is 12.6. The van der Waals surface area contributed by atoms with Crippen LogP contribution in [0.15, 0.2) is 6.07 Å². The van der Waals surface area contributed by atoms with Gasteiger partial charge in [-0.1, -0.05) is 0 Å². The molecule has 3 heterocycles. The van der Waals surface area contributed by atoms with E-state index in [4.69, 9.17) is 0 Å². The van der Waals surface area contributed by atoms with Gasteiger partial charge in [0.25, 0.3) is 5.91 Å². The first kappa shape index (κ1) is 18.5. The second-order valence-corrected chi connectivity index (χ2v) is 8.53. The third kappa shape index (κ3) is 3.74. The second-order valence-electron chi connectivity index (χ2n) is 8.53. The van der Waals surface area contributed by atoms with Crippen molar-refractivity contribution in [1.82, 2.24) is 24.5 Å². The molecular weight excluding hydrogens is 342 g/mol. The number of aromatic nitrogens is 2. The van der Waals surface area contributed by atoms with Crippen LogP contribution in [0, 0.1) is 12.8 Å². The lowest BCUT2D eigenvalue weighted by atomic mass is 9.95. The lowest BCUT2D eigenvalue weighted by Gasteiger charge is -2.36. The van der Waals surface area contributed by atoms with Gasteiger partial charge in [-0.15, -0.1) is 0 Å². The van der Waals surface area contributed by atoms with Gasteiger partial charge in [-0.3, -0.25) is 19.2 Å². The van der Waals surface area contributed by atoms with Crippen LogP contribution in [-0.2, 0) is 11.8 Å². The summed E-state index contributed by atoms with van der Waals surface area (Å²) in [6.07, 6.45) is 5.46. The van der Waals surface area contributed by atoms with E-state index < -0.39 is 0 Å². The molecule has 0 aromatic carbocycles. The van der Waals surface area contributed by atoms with Gasteiger partial charge in [0.2, 0.25) is 5.91 Å². The Bertz CT molecular complexity index is 698. The number of likely N-dealkylation sites (tertiary alicyclic amines) is 2. The minimum Gasteiger partial charge on any atom is -0.340 e. The smallest absolute Gasteiger partial charge is 0.274 e. The van der Waals surface area contributed by atoms with Crippen molar-refractivity contribution < 1.29 is 9.59 Å². The summed E-state index contributed by atoms with van der Waals surface area (Å²) in [5.74, 6) is 0.844. The lowest BCUT2D eigenvalue weighted by molar-refractivity contribution is -0.133. The fourth-order valence-corrected chi connectivity index (χ4v) is 4.55. The van der Waals surface area contributed by atoms with E-state index in [2.05, 4.69) is 14.9 Å². The number of hydrogen-bond donors (Lipinski definition) is 0. The van der Waals surface area contributed by atoms with Crippen molar-refractivity contribution >= 4 is 11.8 Å². The molecule has 1 atom stereocenters. The summed E-state index contributed by atoms with van der Waals surface area (Å²) in [7, 11) is 3.73. The third-order valence-electron chi connectivity index (χ3n) is 6.50. The number of carbonyl (C=O) groups excluding carboxylic acids is 2. The van der Waals surface area contributed by atoms with Crippen LogP contribution in [-0.4, -0.2) is 81.6 Å². The summed E-state index contributed by atoms with van der Waals surface area (Å²) in [5.41, 5.74) is 1.51. The Hall–Kier alpha value is -1.89. The van der Waals surface area contributed by atoms with Crippen LogP contribution in [0.2, 0.25) is 0 Å². The van der Waals surface area contributed by atoms with Gasteiger partial charge in [-0.2, -0.15) is 5.10 Å². The molecule has 27 heavy (non-hydrogen) atoms. The Morgan fingerprint density at radius 3 is 2.48 bits per heavy atom. The van der Waals surface area contributed by atoms with Crippen molar-refractivity contribution in [3.05, 3.63) is 17.5 Å². The molecule has 2 saturated heterocycles. The largest absolute Gasteiger partial charge is 0.340 e. The summed E-state index contributed by atoms with van der Waals surface area (Å²) in [6, 6.07) is 2.48. The molecule has 148 valence electrons. The van der Waals surface area contributed by atoms with Crippen LogP contribution in [0.4, 0.5) is 0 Å². The normalized spacial score (nSPS) is 24.6. The first-order valence-electron chi connectivity index (χ1n) is 10.2. The van der Waals surface area contributed by atoms with Crippen LogP contribution in [0.25, 0.3) is 0 Å². The van der Waals surface area contributed by atoms with Crippen molar-refractivity contribution in [3.63, 3.8) is 0 Å². The maximum Gasteiger partial charge on any atom is 0.274 e. The summed E-state index contributed by atoms with van der Waals surface area (Å²) >= 11 is 0. The number of carbonyl (C=O) groups is 2. The van der Waals surface area contributed by atoms with Crippen molar-refractivity contribution in [2.45, 2.75) is 51.1 Å². The monoisotopic (exact) mass is 373 g/mol. The van der Waals surface area contributed by atoms with E-state index in [0.717, 1.165) is 51.1 Å². The number of piperidine rings is 1. The second kappa shape index (κ2) is 7.26. The Morgan fingerprint density at radius 2 is 1.89 bits per heavy atom. The highest BCUT2D eigenvalue weighted by Gasteiger charge is 2.43. The van der Waals surface area contributed by atoms with Crippen LogP contribution < -0.4 is 0 Å². The van der Waals surface area contributed by atoms with Gasteiger partial charge in [-0.05, 0) is 64.1 Å². The molecule has 1 aliphatic carbocycles. The van der Waals surface area contributed by atoms with Gasteiger partial charge in [0.15, 0.2) is 5.69 Å². The summed E-state index contributed by atoms with van der Waals surface area (Å²) < 4.78 is 1.74. The zero-order chi connectivity index (χ0) is 19.1. The predicted molar refractivity (Wildman–Crippen MR) is 102 cm³/mol. The molecule has 0 spiro atoms. The van der Waals surface area contributed by atoms with E-state index in [-0.39, 0.29) is 11.9 Å². The van der Waals surface area contributed by atoms with Crippen LogP contribution >= 0.6 is 0 Å². The quantitative estimate of drug-likeness (QED) is 0.780. The Balaban J connectivity index is 1.26. The molecule has 1 aromatic rings. The standard InChI is InChI=1S/C20H31N5O2/c1-14-12-17(21-23(14)3)19(26)22(2)13-15-6-9-24(10-7-15)18-8-11-25(20(18)27)16-4-5-16/h12,15-16,18H,4-11,13H2,1-3H3. The summed E-state index contributed by atoms with van der Waals surface area (Å²) in [5, 5.41) is 4.30. The number of rotatable bonds is 5. The number of amides is 2. The molecule has 0 bridgehead atoms. The average Bonchev–Trinajstić information content (AvgIpc) is 3.34. The molecule has 1 unspecified atom stereocenters. The fourth-order valence-electron chi connectivity index (χ4n) is 4.55. The van der Waals surface area contributed by atoms with E-state index in [9.17, 15) is 9.59 Å². The molecule has 3 fully saturated rings. The number of nitrogens with zero attached hydrogens (tertiary/aromatic N) is 5. The SMILES string of the molecule is Cc1cc(C(=O)N(C)CC2CCN(C3CCN(C4CC4)C3=O)CC2)nn1C. The first-order chi connectivity index (χ1) is 12.9. The Morgan fingerprint density at radius 1 is 1.19 bits per heavy atom. The highest BCUT2D eigenvalue weighted by Crippen LogP contribution is 2.33. The minimum atomic E-state index is -0.00724. The van der Waals surface area contributed by atoms with Gasteiger partial charge in [0, 0.05) is 38.9 Å². The maximum absolute atomic E-state index is 12.6. The molecule has 7 nitrogen and oxygen atoms in total. The van der Waals surface area contributed by atoms with E-state index in [1.54, 1.807) is 9.58 Å². The van der Waals surface area contributed by atoms with Crippen molar-refractivity contribution in [3.8, 4) is 0 Å². The molecule has 3 aliphatic rings. The molecule has 1 aromatic heterocycles. The zero-order valence-corrected chi connectivity index (χ0v) is 16.7. The van der Waals surface area contributed by atoms with Crippen LogP contribution in [0.5, 0.6) is 0 Å².